The third-order valence-corrected chi connectivity index (χ3v) is 5.53. The van der Waals surface area contributed by atoms with Crippen molar-refractivity contribution in [3.63, 3.8) is 0 Å². The van der Waals surface area contributed by atoms with Crippen molar-refractivity contribution in [2.24, 2.45) is 4.99 Å². The first-order valence-corrected chi connectivity index (χ1v) is 10.6. The standard InChI is InChI=1S/C20H31BrN4O2/c1-3-22-19(23-13-20(2,26)14-25-8-10-27-11-9-25)24-18-12-17(18)15-4-6-16(21)7-5-15/h4-7,17-18,26H,3,8-14H2,1-2H3,(H2,22,23,24). The second kappa shape index (κ2) is 9.37. The van der Waals surface area contributed by atoms with Crippen molar-refractivity contribution >= 4 is 21.9 Å². The maximum absolute atomic E-state index is 10.7. The second-order valence-corrected chi connectivity index (χ2v) is 8.64. The lowest BCUT2D eigenvalue weighted by molar-refractivity contribution is -0.0180. The molecule has 0 spiro atoms. The van der Waals surface area contributed by atoms with E-state index >= 15 is 0 Å². The Morgan fingerprint density at radius 3 is 2.70 bits per heavy atom. The summed E-state index contributed by atoms with van der Waals surface area (Å²) < 4.78 is 6.48. The summed E-state index contributed by atoms with van der Waals surface area (Å²) in [5, 5.41) is 17.6. The van der Waals surface area contributed by atoms with E-state index in [-0.39, 0.29) is 0 Å². The first kappa shape index (κ1) is 20.6. The van der Waals surface area contributed by atoms with Gasteiger partial charge in [-0.25, -0.2) is 0 Å². The van der Waals surface area contributed by atoms with Gasteiger partial charge in [-0.15, -0.1) is 0 Å². The first-order valence-electron chi connectivity index (χ1n) is 9.79. The molecule has 2 aliphatic rings. The zero-order chi connectivity index (χ0) is 19.3. The molecule has 1 saturated heterocycles. The molecule has 1 aliphatic carbocycles. The van der Waals surface area contributed by atoms with E-state index in [1.165, 1.54) is 5.56 Å². The van der Waals surface area contributed by atoms with E-state index in [4.69, 9.17) is 4.74 Å². The summed E-state index contributed by atoms with van der Waals surface area (Å²) in [7, 11) is 0. The fourth-order valence-corrected chi connectivity index (χ4v) is 3.73. The molecule has 0 amide bonds. The molecule has 1 heterocycles. The number of rotatable bonds is 7. The number of ether oxygens (including phenoxy) is 1. The molecule has 1 aliphatic heterocycles. The number of hydrogen-bond acceptors (Lipinski definition) is 4. The molecule has 3 atom stereocenters. The molecule has 1 aromatic rings. The smallest absolute Gasteiger partial charge is 0.191 e. The van der Waals surface area contributed by atoms with Crippen molar-refractivity contribution in [2.45, 2.75) is 37.8 Å². The first-order chi connectivity index (χ1) is 13.0. The molecular formula is C20H31BrN4O2. The summed E-state index contributed by atoms with van der Waals surface area (Å²) in [5.41, 5.74) is 0.500. The van der Waals surface area contributed by atoms with Gasteiger partial charge in [0.15, 0.2) is 5.96 Å². The van der Waals surface area contributed by atoms with Crippen LogP contribution < -0.4 is 10.6 Å². The summed E-state index contributed by atoms with van der Waals surface area (Å²) in [6.07, 6.45) is 1.11. The molecule has 3 rings (SSSR count). The van der Waals surface area contributed by atoms with Gasteiger partial charge in [0, 0.05) is 42.6 Å². The van der Waals surface area contributed by atoms with Crippen LogP contribution >= 0.6 is 15.9 Å². The Morgan fingerprint density at radius 1 is 1.33 bits per heavy atom. The molecule has 7 heteroatoms. The Kier molecular flexibility index (Phi) is 7.14. The highest BCUT2D eigenvalue weighted by Crippen LogP contribution is 2.41. The molecule has 6 nitrogen and oxygen atoms in total. The molecule has 2 fully saturated rings. The minimum atomic E-state index is -0.853. The Balaban J connectivity index is 1.52. The van der Waals surface area contributed by atoms with E-state index in [9.17, 15) is 5.11 Å². The second-order valence-electron chi connectivity index (χ2n) is 7.73. The summed E-state index contributed by atoms with van der Waals surface area (Å²) >= 11 is 3.49. The number of guanidine groups is 1. The minimum Gasteiger partial charge on any atom is -0.387 e. The number of hydrogen-bond donors (Lipinski definition) is 3. The highest BCUT2D eigenvalue weighted by atomic mass is 79.9. The number of β-amino-alcohol motifs (C(OH)–C–C–N with tert-alkyl or cyclic N) is 1. The molecule has 0 aromatic heterocycles. The summed E-state index contributed by atoms with van der Waals surface area (Å²) in [5.74, 6) is 1.31. The van der Waals surface area contributed by atoms with Crippen LogP contribution in [0.15, 0.2) is 33.7 Å². The van der Waals surface area contributed by atoms with Gasteiger partial charge in [-0.05, 0) is 38.0 Å². The number of nitrogens with one attached hydrogen (secondary N) is 2. The largest absolute Gasteiger partial charge is 0.387 e. The lowest BCUT2D eigenvalue weighted by atomic mass is 10.1. The van der Waals surface area contributed by atoms with Crippen LogP contribution in [-0.2, 0) is 4.74 Å². The van der Waals surface area contributed by atoms with Gasteiger partial charge in [-0.1, -0.05) is 28.1 Å². The van der Waals surface area contributed by atoms with Gasteiger partial charge in [-0.3, -0.25) is 9.89 Å². The van der Waals surface area contributed by atoms with Gasteiger partial charge in [0.2, 0.25) is 0 Å². The number of aliphatic hydroxyl groups is 1. The van der Waals surface area contributed by atoms with E-state index < -0.39 is 5.60 Å². The summed E-state index contributed by atoms with van der Waals surface area (Å²) in [6.45, 7) is 8.92. The Morgan fingerprint density at radius 2 is 2.04 bits per heavy atom. The van der Waals surface area contributed by atoms with Gasteiger partial charge in [0.1, 0.15) is 0 Å². The van der Waals surface area contributed by atoms with Crippen LogP contribution in [0.1, 0.15) is 31.7 Å². The Hall–Kier alpha value is -1.15. The number of benzene rings is 1. The fraction of sp³-hybridized carbons (Fsp3) is 0.650. The quantitative estimate of drug-likeness (QED) is 0.448. The maximum Gasteiger partial charge on any atom is 0.191 e. The van der Waals surface area contributed by atoms with E-state index in [2.05, 4.69) is 67.6 Å². The Labute approximate surface area is 170 Å². The molecule has 1 saturated carbocycles. The van der Waals surface area contributed by atoms with Gasteiger partial charge in [0.25, 0.3) is 0 Å². The van der Waals surface area contributed by atoms with Crippen LogP contribution in [0.3, 0.4) is 0 Å². The van der Waals surface area contributed by atoms with E-state index in [1.807, 2.05) is 6.92 Å². The van der Waals surface area contributed by atoms with E-state index in [0.717, 1.165) is 49.7 Å². The number of halogens is 1. The normalized spacial score (nSPS) is 25.7. The molecule has 27 heavy (non-hydrogen) atoms. The summed E-state index contributed by atoms with van der Waals surface area (Å²) in [4.78, 5) is 6.89. The van der Waals surface area contributed by atoms with Crippen molar-refractivity contribution in [1.29, 1.82) is 0 Å². The third-order valence-electron chi connectivity index (χ3n) is 5.00. The fourth-order valence-electron chi connectivity index (χ4n) is 3.47. The minimum absolute atomic E-state index is 0.370. The van der Waals surface area contributed by atoms with Gasteiger partial charge in [0.05, 0.1) is 25.4 Å². The predicted molar refractivity (Wildman–Crippen MR) is 112 cm³/mol. The highest BCUT2D eigenvalue weighted by molar-refractivity contribution is 9.10. The van der Waals surface area contributed by atoms with Crippen LogP contribution in [0.25, 0.3) is 0 Å². The van der Waals surface area contributed by atoms with Crippen molar-refractivity contribution in [3.05, 3.63) is 34.3 Å². The lowest BCUT2D eigenvalue weighted by Gasteiger charge is -2.33. The average Bonchev–Trinajstić information content (AvgIpc) is 3.40. The van der Waals surface area contributed by atoms with Crippen molar-refractivity contribution < 1.29 is 9.84 Å². The highest BCUT2D eigenvalue weighted by Gasteiger charge is 2.39. The van der Waals surface area contributed by atoms with Gasteiger partial charge < -0.3 is 20.5 Å². The number of aliphatic imine (C=N–C) groups is 1. The van der Waals surface area contributed by atoms with Gasteiger partial charge >= 0.3 is 0 Å². The monoisotopic (exact) mass is 438 g/mol. The molecule has 150 valence electrons. The molecule has 3 unspecified atom stereocenters. The maximum atomic E-state index is 10.7. The third kappa shape index (κ3) is 6.45. The zero-order valence-corrected chi connectivity index (χ0v) is 17.8. The zero-order valence-electron chi connectivity index (χ0n) is 16.2. The summed E-state index contributed by atoms with van der Waals surface area (Å²) in [6, 6.07) is 8.93. The van der Waals surface area contributed by atoms with Crippen LogP contribution in [0, 0.1) is 0 Å². The predicted octanol–water partition coefficient (Wildman–Crippen LogP) is 1.94. The SMILES string of the molecule is CCNC(=NCC(C)(O)CN1CCOCC1)NC1CC1c1ccc(Br)cc1. The molecule has 0 bridgehead atoms. The van der Waals surface area contributed by atoms with E-state index in [0.29, 0.717) is 25.0 Å². The van der Waals surface area contributed by atoms with Crippen LogP contribution in [-0.4, -0.2) is 73.5 Å². The van der Waals surface area contributed by atoms with Crippen molar-refractivity contribution in [1.82, 2.24) is 15.5 Å². The van der Waals surface area contributed by atoms with E-state index in [1.54, 1.807) is 0 Å². The molecule has 1 aromatic carbocycles. The molecule has 0 radical (unpaired) electrons. The van der Waals surface area contributed by atoms with Crippen LogP contribution in [0.4, 0.5) is 0 Å². The molecule has 3 N–H and O–H groups in total. The van der Waals surface area contributed by atoms with Gasteiger partial charge in [-0.2, -0.15) is 0 Å². The number of morpholine rings is 1. The lowest BCUT2D eigenvalue weighted by Crippen LogP contribution is -2.48. The average molecular weight is 439 g/mol. The Bertz CT molecular complexity index is 629. The van der Waals surface area contributed by atoms with Crippen LogP contribution in [0.2, 0.25) is 0 Å². The van der Waals surface area contributed by atoms with Crippen LogP contribution in [0.5, 0.6) is 0 Å². The topological polar surface area (TPSA) is 69.1 Å². The van der Waals surface area contributed by atoms with Crippen molar-refractivity contribution in [2.75, 3.05) is 45.9 Å². The number of nitrogens with zero attached hydrogens (tertiary/aromatic N) is 2. The molecular weight excluding hydrogens is 408 g/mol. The van der Waals surface area contributed by atoms with Crippen molar-refractivity contribution in [3.8, 4) is 0 Å².